The van der Waals surface area contributed by atoms with E-state index < -0.39 is 10.0 Å². The average Bonchev–Trinajstić information content (AvgIpc) is 2.74. The van der Waals surface area contributed by atoms with E-state index in [4.69, 9.17) is 26.2 Å². The number of carbonyl (C=O) groups excluding carboxylic acids is 1. The zero-order valence-electron chi connectivity index (χ0n) is 16.7. The Kier molecular flexibility index (Phi) is 7.17. The highest BCUT2D eigenvalue weighted by molar-refractivity contribution is 7.89. The molecular formula is C22H21ClN2O5S. The quantitative estimate of drug-likeness (QED) is 0.523. The summed E-state index contributed by atoms with van der Waals surface area (Å²) >= 11 is 5.89. The number of nitrogens with one attached hydrogen (secondary N) is 1. The first-order valence-corrected chi connectivity index (χ1v) is 11.3. The fourth-order valence-corrected chi connectivity index (χ4v) is 3.39. The van der Waals surface area contributed by atoms with Crippen LogP contribution in [0.2, 0.25) is 5.02 Å². The van der Waals surface area contributed by atoms with Crippen LogP contribution in [0.5, 0.6) is 11.5 Å². The molecule has 0 unspecified atom stereocenters. The fourth-order valence-electron chi connectivity index (χ4n) is 2.75. The van der Waals surface area contributed by atoms with Gasteiger partial charge in [-0.3, -0.25) is 4.79 Å². The summed E-state index contributed by atoms with van der Waals surface area (Å²) in [5.74, 6) is 0.890. The number of ether oxygens (including phenoxy) is 2. The lowest BCUT2D eigenvalue weighted by molar-refractivity contribution is 0.102. The maximum atomic E-state index is 12.7. The van der Waals surface area contributed by atoms with Crippen LogP contribution in [-0.2, 0) is 16.6 Å². The van der Waals surface area contributed by atoms with Gasteiger partial charge in [0.05, 0.1) is 11.5 Å². The van der Waals surface area contributed by atoms with E-state index in [1.807, 2.05) is 6.92 Å². The van der Waals surface area contributed by atoms with Gasteiger partial charge in [0.25, 0.3) is 5.91 Å². The van der Waals surface area contributed by atoms with Crippen LogP contribution >= 0.6 is 11.6 Å². The lowest BCUT2D eigenvalue weighted by atomic mass is 10.1. The third kappa shape index (κ3) is 6.21. The Hall–Kier alpha value is -3.07. The molecule has 0 fully saturated rings. The number of anilines is 1. The number of nitrogens with two attached hydrogens (primary N) is 1. The minimum atomic E-state index is -3.80. The van der Waals surface area contributed by atoms with E-state index in [9.17, 15) is 13.2 Å². The second kappa shape index (κ2) is 9.82. The van der Waals surface area contributed by atoms with Crippen molar-refractivity contribution in [2.45, 2.75) is 18.4 Å². The van der Waals surface area contributed by atoms with Crippen LogP contribution in [0.4, 0.5) is 5.69 Å². The number of rotatable bonds is 8. The maximum absolute atomic E-state index is 12.7. The van der Waals surface area contributed by atoms with Gasteiger partial charge in [0.15, 0.2) is 0 Å². The molecule has 3 N–H and O–H groups in total. The summed E-state index contributed by atoms with van der Waals surface area (Å²) in [5.41, 5.74) is 1.54. The van der Waals surface area contributed by atoms with Gasteiger partial charge in [0, 0.05) is 21.8 Å². The van der Waals surface area contributed by atoms with Gasteiger partial charge in [-0.15, -0.1) is 0 Å². The number of hydrogen-bond donors (Lipinski definition) is 2. The number of hydrogen-bond acceptors (Lipinski definition) is 5. The van der Waals surface area contributed by atoms with E-state index in [2.05, 4.69) is 5.32 Å². The first kappa shape index (κ1) is 22.6. The van der Waals surface area contributed by atoms with Crippen molar-refractivity contribution in [1.29, 1.82) is 0 Å². The SMILES string of the molecule is CCOc1ccc(C(=O)Nc2ccc(S(N)(=O)=O)cc2)cc1COc1ccc(Cl)cc1. The summed E-state index contributed by atoms with van der Waals surface area (Å²) in [6.07, 6.45) is 0. The molecule has 0 saturated carbocycles. The third-order valence-corrected chi connectivity index (χ3v) is 5.45. The molecule has 0 aromatic heterocycles. The molecule has 0 atom stereocenters. The Morgan fingerprint density at radius 3 is 2.29 bits per heavy atom. The highest BCUT2D eigenvalue weighted by atomic mass is 35.5. The second-order valence-corrected chi connectivity index (χ2v) is 8.52. The largest absolute Gasteiger partial charge is 0.493 e. The van der Waals surface area contributed by atoms with Crippen LogP contribution in [0.25, 0.3) is 0 Å². The highest BCUT2D eigenvalue weighted by Crippen LogP contribution is 2.24. The van der Waals surface area contributed by atoms with Crippen molar-refractivity contribution in [2.75, 3.05) is 11.9 Å². The van der Waals surface area contributed by atoms with Crippen molar-refractivity contribution in [2.24, 2.45) is 5.14 Å². The van der Waals surface area contributed by atoms with E-state index >= 15 is 0 Å². The van der Waals surface area contributed by atoms with Crippen molar-refractivity contribution < 1.29 is 22.7 Å². The second-order valence-electron chi connectivity index (χ2n) is 6.52. The van der Waals surface area contributed by atoms with E-state index in [-0.39, 0.29) is 17.4 Å². The van der Waals surface area contributed by atoms with Gasteiger partial charge < -0.3 is 14.8 Å². The molecule has 3 aromatic carbocycles. The number of benzene rings is 3. The van der Waals surface area contributed by atoms with Gasteiger partial charge in [-0.05, 0) is 73.7 Å². The van der Waals surface area contributed by atoms with Crippen LogP contribution in [0.1, 0.15) is 22.8 Å². The Morgan fingerprint density at radius 1 is 1.00 bits per heavy atom. The number of halogens is 1. The van der Waals surface area contributed by atoms with Gasteiger partial charge in [0.1, 0.15) is 18.1 Å². The monoisotopic (exact) mass is 460 g/mol. The van der Waals surface area contributed by atoms with Crippen molar-refractivity contribution >= 4 is 33.2 Å². The van der Waals surface area contributed by atoms with Crippen molar-refractivity contribution in [3.63, 3.8) is 0 Å². The standard InChI is InChI=1S/C22H21ClN2O5S/c1-2-29-21-12-3-15(13-16(21)14-30-19-8-4-17(23)5-9-19)22(26)25-18-6-10-20(11-7-18)31(24,27)28/h3-13H,2,14H2,1H3,(H,25,26)(H2,24,27,28). The Morgan fingerprint density at radius 2 is 1.68 bits per heavy atom. The molecule has 7 nitrogen and oxygen atoms in total. The predicted octanol–water partition coefficient (Wildman–Crippen LogP) is 4.22. The van der Waals surface area contributed by atoms with Crippen LogP contribution in [0, 0.1) is 0 Å². The Bertz CT molecular complexity index is 1160. The summed E-state index contributed by atoms with van der Waals surface area (Å²) in [4.78, 5) is 12.6. The molecule has 0 aliphatic rings. The lowest BCUT2D eigenvalue weighted by Gasteiger charge is -2.14. The van der Waals surface area contributed by atoms with Gasteiger partial charge in [0.2, 0.25) is 10.0 Å². The molecule has 9 heteroatoms. The summed E-state index contributed by atoms with van der Waals surface area (Å²) < 4.78 is 34.1. The first-order chi connectivity index (χ1) is 14.8. The summed E-state index contributed by atoms with van der Waals surface area (Å²) in [5, 5.41) is 8.42. The van der Waals surface area contributed by atoms with Crippen LogP contribution in [0.3, 0.4) is 0 Å². The van der Waals surface area contributed by atoms with Crippen molar-refractivity contribution in [1.82, 2.24) is 0 Å². The minimum Gasteiger partial charge on any atom is -0.493 e. The van der Waals surface area contributed by atoms with Gasteiger partial charge in [-0.1, -0.05) is 11.6 Å². The molecule has 0 saturated heterocycles. The van der Waals surface area contributed by atoms with E-state index in [1.165, 1.54) is 24.3 Å². The zero-order valence-corrected chi connectivity index (χ0v) is 18.2. The predicted molar refractivity (Wildman–Crippen MR) is 119 cm³/mol. The highest BCUT2D eigenvalue weighted by Gasteiger charge is 2.13. The zero-order chi connectivity index (χ0) is 22.4. The van der Waals surface area contributed by atoms with Gasteiger partial charge in [-0.2, -0.15) is 0 Å². The molecule has 0 heterocycles. The normalized spacial score (nSPS) is 11.1. The van der Waals surface area contributed by atoms with Crippen molar-refractivity contribution in [3.05, 3.63) is 82.9 Å². The fraction of sp³-hybridized carbons (Fsp3) is 0.136. The van der Waals surface area contributed by atoms with Gasteiger partial charge >= 0.3 is 0 Å². The number of primary sulfonamides is 1. The van der Waals surface area contributed by atoms with Crippen molar-refractivity contribution in [3.8, 4) is 11.5 Å². The summed E-state index contributed by atoms with van der Waals surface area (Å²) in [6.45, 7) is 2.53. The molecule has 0 aliphatic carbocycles. The average molecular weight is 461 g/mol. The Labute approximate surface area is 185 Å². The molecule has 31 heavy (non-hydrogen) atoms. The molecule has 0 radical (unpaired) electrons. The number of amides is 1. The first-order valence-electron chi connectivity index (χ1n) is 9.34. The van der Waals surface area contributed by atoms with Gasteiger partial charge in [-0.25, -0.2) is 13.6 Å². The molecule has 162 valence electrons. The molecule has 0 bridgehead atoms. The van der Waals surface area contributed by atoms with Crippen LogP contribution < -0.4 is 19.9 Å². The molecule has 1 amide bonds. The lowest BCUT2D eigenvalue weighted by Crippen LogP contribution is -2.14. The van der Waals surface area contributed by atoms with Crippen LogP contribution in [0.15, 0.2) is 71.6 Å². The molecule has 3 aromatic rings. The van der Waals surface area contributed by atoms with E-state index in [0.29, 0.717) is 39.9 Å². The van der Waals surface area contributed by atoms with Crippen LogP contribution in [-0.4, -0.2) is 20.9 Å². The number of carbonyl (C=O) groups is 1. The van der Waals surface area contributed by atoms with E-state index in [1.54, 1.807) is 42.5 Å². The minimum absolute atomic E-state index is 0.0341. The maximum Gasteiger partial charge on any atom is 0.255 e. The number of sulfonamides is 1. The third-order valence-electron chi connectivity index (χ3n) is 4.27. The molecule has 0 aliphatic heterocycles. The Balaban J connectivity index is 1.76. The summed E-state index contributed by atoms with van der Waals surface area (Å²) in [7, 11) is -3.80. The molecular weight excluding hydrogens is 440 g/mol. The smallest absolute Gasteiger partial charge is 0.255 e. The molecule has 3 rings (SSSR count). The topological polar surface area (TPSA) is 108 Å². The van der Waals surface area contributed by atoms with E-state index in [0.717, 1.165) is 0 Å². The molecule has 0 spiro atoms. The summed E-state index contributed by atoms with van der Waals surface area (Å²) in [6, 6.07) is 17.6.